The number of carbonyl (C=O) groups is 1. The van der Waals surface area contributed by atoms with Crippen LogP contribution in [-0.2, 0) is 5.41 Å². The summed E-state index contributed by atoms with van der Waals surface area (Å²) in [7, 11) is 1.54. The Bertz CT molecular complexity index is 756. The van der Waals surface area contributed by atoms with E-state index < -0.39 is 0 Å². The smallest absolute Gasteiger partial charge is 0.257 e. The van der Waals surface area contributed by atoms with Crippen LogP contribution in [0.25, 0.3) is 0 Å². The SMILES string of the molecule is CCCOc1c(Br)cc(C(=O)Nc2nnc(C(C)(C)C)s2)cc1OC. The summed E-state index contributed by atoms with van der Waals surface area (Å²) in [5.74, 6) is 0.810. The van der Waals surface area contributed by atoms with Gasteiger partial charge in [-0.25, -0.2) is 0 Å². The standard InChI is InChI=1S/C17H22BrN3O3S/c1-6-7-24-13-11(18)8-10(9-12(13)23-5)14(22)19-16-21-20-15(25-16)17(2,3)4/h8-9H,6-7H2,1-5H3,(H,19,21,22). The Kier molecular flexibility index (Phi) is 6.40. The van der Waals surface area contributed by atoms with Gasteiger partial charge in [-0.05, 0) is 34.5 Å². The summed E-state index contributed by atoms with van der Waals surface area (Å²) in [5.41, 5.74) is 0.339. The largest absolute Gasteiger partial charge is 0.493 e. The average Bonchev–Trinajstić information content (AvgIpc) is 3.01. The summed E-state index contributed by atoms with van der Waals surface area (Å²) in [6.07, 6.45) is 0.880. The van der Waals surface area contributed by atoms with Crippen molar-refractivity contribution < 1.29 is 14.3 Å². The van der Waals surface area contributed by atoms with E-state index in [-0.39, 0.29) is 11.3 Å². The maximum absolute atomic E-state index is 12.5. The third-order valence-corrected chi connectivity index (χ3v) is 5.08. The molecule has 0 unspecified atom stereocenters. The third-order valence-electron chi connectivity index (χ3n) is 3.23. The molecule has 1 aromatic carbocycles. The highest BCUT2D eigenvalue weighted by Gasteiger charge is 2.21. The van der Waals surface area contributed by atoms with Crippen LogP contribution in [0.5, 0.6) is 11.5 Å². The highest BCUT2D eigenvalue weighted by atomic mass is 79.9. The molecule has 136 valence electrons. The first kappa shape index (κ1) is 19.7. The molecule has 1 heterocycles. The molecule has 0 atom stereocenters. The van der Waals surface area contributed by atoms with Crippen LogP contribution in [0.1, 0.15) is 49.5 Å². The number of anilines is 1. The number of nitrogens with one attached hydrogen (secondary N) is 1. The van der Waals surface area contributed by atoms with E-state index in [0.29, 0.717) is 33.3 Å². The highest BCUT2D eigenvalue weighted by molar-refractivity contribution is 9.10. The first-order valence-electron chi connectivity index (χ1n) is 7.92. The number of nitrogens with zero attached hydrogens (tertiary/aromatic N) is 2. The van der Waals surface area contributed by atoms with Crippen molar-refractivity contribution in [2.24, 2.45) is 0 Å². The minimum atomic E-state index is -0.280. The van der Waals surface area contributed by atoms with Crippen LogP contribution in [0.15, 0.2) is 16.6 Å². The minimum absolute atomic E-state index is 0.106. The first-order valence-corrected chi connectivity index (χ1v) is 9.53. The molecule has 0 radical (unpaired) electrons. The lowest BCUT2D eigenvalue weighted by molar-refractivity contribution is 0.102. The highest BCUT2D eigenvalue weighted by Crippen LogP contribution is 2.37. The fraction of sp³-hybridized carbons (Fsp3) is 0.471. The lowest BCUT2D eigenvalue weighted by atomic mass is 9.98. The van der Waals surface area contributed by atoms with Crippen molar-refractivity contribution in [1.82, 2.24) is 10.2 Å². The number of hydrogen-bond acceptors (Lipinski definition) is 6. The average molecular weight is 428 g/mol. The summed E-state index contributed by atoms with van der Waals surface area (Å²) in [6, 6.07) is 3.35. The Morgan fingerprint density at radius 3 is 2.60 bits per heavy atom. The molecule has 0 bridgehead atoms. The lowest BCUT2D eigenvalue weighted by Gasteiger charge is -2.13. The Morgan fingerprint density at radius 2 is 2.04 bits per heavy atom. The molecule has 0 aliphatic heterocycles. The number of halogens is 1. The second-order valence-corrected chi connectivity index (χ2v) is 8.29. The van der Waals surface area contributed by atoms with Crippen molar-refractivity contribution >= 4 is 38.3 Å². The number of rotatable bonds is 6. The van der Waals surface area contributed by atoms with E-state index in [2.05, 4.69) is 52.2 Å². The number of methoxy groups -OCH3 is 1. The summed E-state index contributed by atoms with van der Waals surface area (Å²) in [4.78, 5) is 12.5. The van der Waals surface area contributed by atoms with Gasteiger partial charge in [0.25, 0.3) is 5.91 Å². The molecule has 2 aromatic rings. The zero-order chi connectivity index (χ0) is 18.6. The number of aromatic nitrogens is 2. The van der Waals surface area contributed by atoms with Gasteiger partial charge in [0.05, 0.1) is 18.2 Å². The number of ether oxygens (including phenoxy) is 2. The van der Waals surface area contributed by atoms with Crippen LogP contribution in [0.4, 0.5) is 5.13 Å². The summed E-state index contributed by atoms with van der Waals surface area (Å²) < 4.78 is 11.7. The van der Waals surface area contributed by atoms with E-state index in [4.69, 9.17) is 9.47 Å². The van der Waals surface area contributed by atoms with Gasteiger partial charge >= 0.3 is 0 Å². The van der Waals surface area contributed by atoms with Crippen LogP contribution in [0.2, 0.25) is 0 Å². The van der Waals surface area contributed by atoms with Gasteiger partial charge in [-0.3, -0.25) is 10.1 Å². The Morgan fingerprint density at radius 1 is 1.32 bits per heavy atom. The molecule has 1 amide bonds. The molecule has 0 aliphatic rings. The van der Waals surface area contributed by atoms with Gasteiger partial charge < -0.3 is 9.47 Å². The van der Waals surface area contributed by atoms with Crippen molar-refractivity contribution in [3.63, 3.8) is 0 Å². The molecule has 8 heteroatoms. The van der Waals surface area contributed by atoms with Gasteiger partial charge in [0.2, 0.25) is 5.13 Å². The van der Waals surface area contributed by atoms with Crippen molar-refractivity contribution in [2.75, 3.05) is 19.0 Å². The molecular formula is C17H22BrN3O3S. The molecule has 25 heavy (non-hydrogen) atoms. The topological polar surface area (TPSA) is 73.3 Å². The van der Waals surface area contributed by atoms with E-state index in [1.54, 1.807) is 19.2 Å². The number of amides is 1. The van der Waals surface area contributed by atoms with Crippen LogP contribution in [0, 0.1) is 0 Å². The molecule has 2 rings (SSSR count). The molecule has 0 aliphatic carbocycles. The zero-order valence-electron chi connectivity index (χ0n) is 15.0. The fourth-order valence-electron chi connectivity index (χ4n) is 1.94. The van der Waals surface area contributed by atoms with Gasteiger partial charge in [0.15, 0.2) is 11.5 Å². The van der Waals surface area contributed by atoms with Crippen LogP contribution in [0.3, 0.4) is 0 Å². The van der Waals surface area contributed by atoms with E-state index >= 15 is 0 Å². The second kappa shape index (κ2) is 8.14. The maximum Gasteiger partial charge on any atom is 0.257 e. The van der Waals surface area contributed by atoms with Gasteiger partial charge in [0, 0.05) is 11.0 Å². The molecule has 0 saturated carbocycles. The Hall–Kier alpha value is -1.67. The molecular weight excluding hydrogens is 406 g/mol. The normalized spacial score (nSPS) is 11.3. The van der Waals surface area contributed by atoms with Crippen molar-refractivity contribution in [1.29, 1.82) is 0 Å². The van der Waals surface area contributed by atoms with E-state index in [9.17, 15) is 4.79 Å². The molecule has 6 nitrogen and oxygen atoms in total. The van der Waals surface area contributed by atoms with E-state index in [1.165, 1.54) is 11.3 Å². The maximum atomic E-state index is 12.5. The number of carbonyl (C=O) groups excluding carboxylic acids is 1. The second-order valence-electron chi connectivity index (χ2n) is 6.45. The summed E-state index contributed by atoms with van der Waals surface area (Å²) in [5, 5.41) is 12.3. The zero-order valence-corrected chi connectivity index (χ0v) is 17.4. The lowest BCUT2D eigenvalue weighted by Crippen LogP contribution is -2.12. The number of benzene rings is 1. The molecule has 0 saturated heterocycles. The Balaban J connectivity index is 2.21. The predicted octanol–water partition coefficient (Wildman–Crippen LogP) is 4.65. The van der Waals surface area contributed by atoms with E-state index in [1.807, 2.05) is 6.92 Å². The number of hydrogen-bond donors (Lipinski definition) is 1. The van der Waals surface area contributed by atoms with Gasteiger partial charge in [0.1, 0.15) is 5.01 Å². The predicted molar refractivity (Wildman–Crippen MR) is 103 cm³/mol. The van der Waals surface area contributed by atoms with Crippen molar-refractivity contribution in [3.8, 4) is 11.5 Å². The minimum Gasteiger partial charge on any atom is -0.493 e. The molecule has 1 aromatic heterocycles. The molecule has 1 N–H and O–H groups in total. The fourth-order valence-corrected chi connectivity index (χ4v) is 3.29. The van der Waals surface area contributed by atoms with E-state index in [0.717, 1.165) is 11.4 Å². The van der Waals surface area contributed by atoms with Gasteiger partial charge in [-0.1, -0.05) is 39.0 Å². The van der Waals surface area contributed by atoms with Crippen LogP contribution < -0.4 is 14.8 Å². The van der Waals surface area contributed by atoms with Crippen molar-refractivity contribution in [3.05, 3.63) is 27.2 Å². The van der Waals surface area contributed by atoms with Crippen LogP contribution in [-0.4, -0.2) is 29.8 Å². The quantitative estimate of drug-likeness (QED) is 0.725. The summed E-state index contributed by atoms with van der Waals surface area (Å²) >= 11 is 4.81. The summed E-state index contributed by atoms with van der Waals surface area (Å²) in [6.45, 7) is 8.75. The third kappa shape index (κ3) is 4.92. The first-order chi connectivity index (χ1) is 11.8. The Labute approximate surface area is 160 Å². The van der Waals surface area contributed by atoms with Crippen molar-refractivity contribution in [2.45, 2.75) is 39.5 Å². The van der Waals surface area contributed by atoms with Gasteiger partial charge in [-0.2, -0.15) is 0 Å². The van der Waals surface area contributed by atoms with Crippen LogP contribution >= 0.6 is 27.3 Å². The van der Waals surface area contributed by atoms with Gasteiger partial charge in [-0.15, -0.1) is 10.2 Å². The molecule has 0 fully saturated rings. The molecule has 0 spiro atoms. The monoisotopic (exact) mass is 427 g/mol.